The zero-order chi connectivity index (χ0) is 19.4. The summed E-state index contributed by atoms with van der Waals surface area (Å²) in [5.41, 5.74) is 2.13. The van der Waals surface area contributed by atoms with E-state index in [4.69, 9.17) is 9.47 Å². The third-order valence-electron chi connectivity index (χ3n) is 4.12. The van der Waals surface area contributed by atoms with Crippen LogP contribution in [0, 0.1) is 6.92 Å². The molecule has 0 spiro atoms. The Labute approximate surface area is 157 Å². The van der Waals surface area contributed by atoms with E-state index in [1.165, 1.54) is 6.92 Å². The number of carbonyl (C=O) groups is 1. The first-order chi connectivity index (χ1) is 13.0. The minimum atomic E-state index is -0.497. The van der Waals surface area contributed by atoms with Crippen LogP contribution in [0.5, 0.6) is 11.6 Å². The average Bonchev–Trinajstić information content (AvgIpc) is 2.68. The van der Waals surface area contributed by atoms with Gasteiger partial charge in [-0.1, -0.05) is 30.3 Å². The van der Waals surface area contributed by atoms with Crippen LogP contribution in [0.25, 0.3) is 11.3 Å². The van der Waals surface area contributed by atoms with Crippen LogP contribution in [0.4, 0.5) is 0 Å². The Bertz CT molecular complexity index is 1010. The van der Waals surface area contributed by atoms with Crippen molar-refractivity contribution in [3.8, 4) is 22.9 Å². The van der Waals surface area contributed by atoms with Gasteiger partial charge < -0.3 is 14.0 Å². The Morgan fingerprint density at radius 1 is 1.15 bits per heavy atom. The number of carbonyl (C=O) groups excluding carboxylic acids is 1. The molecule has 0 radical (unpaired) electrons. The van der Waals surface area contributed by atoms with Crippen molar-refractivity contribution in [2.24, 2.45) is 7.05 Å². The molecule has 0 aliphatic heterocycles. The fourth-order valence-corrected chi connectivity index (χ4v) is 2.85. The molecule has 0 atom stereocenters. The van der Waals surface area contributed by atoms with Crippen molar-refractivity contribution < 1.29 is 14.3 Å². The molecule has 0 aliphatic carbocycles. The largest absolute Gasteiger partial charge is 0.483 e. The lowest BCUT2D eigenvalue weighted by Gasteiger charge is -2.20. The maximum atomic E-state index is 13.0. The van der Waals surface area contributed by atoms with Crippen LogP contribution in [0.2, 0.25) is 0 Å². The first-order valence-corrected chi connectivity index (χ1v) is 8.48. The van der Waals surface area contributed by atoms with Crippen molar-refractivity contribution in [2.75, 3.05) is 0 Å². The van der Waals surface area contributed by atoms with Gasteiger partial charge >= 0.3 is 5.97 Å². The van der Waals surface area contributed by atoms with E-state index in [0.29, 0.717) is 16.8 Å². The fourth-order valence-electron chi connectivity index (χ4n) is 2.85. The van der Waals surface area contributed by atoms with Gasteiger partial charge in [-0.3, -0.25) is 14.6 Å². The highest BCUT2D eigenvalue weighted by molar-refractivity contribution is 5.72. The molecule has 6 heteroatoms. The Balaban J connectivity index is 2.15. The molecule has 3 aromatic rings. The first kappa shape index (κ1) is 18.4. The Hall–Kier alpha value is -3.41. The molecule has 138 valence electrons. The molecule has 0 saturated carbocycles. The van der Waals surface area contributed by atoms with E-state index in [2.05, 4.69) is 4.98 Å². The van der Waals surface area contributed by atoms with Gasteiger partial charge in [-0.25, -0.2) is 0 Å². The highest BCUT2D eigenvalue weighted by Gasteiger charge is 2.22. The second kappa shape index (κ2) is 7.86. The summed E-state index contributed by atoms with van der Waals surface area (Å²) in [5.74, 6) is -0.107. The van der Waals surface area contributed by atoms with Crippen molar-refractivity contribution in [1.82, 2.24) is 9.55 Å². The molecule has 0 N–H and O–H groups in total. The molecule has 3 rings (SSSR count). The number of nitrogens with zero attached hydrogens (tertiary/aromatic N) is 2. The summed E-state index contributed by atoms with van der Waals surface area (Å²) in [4.78, 5) is 28.6. The minimum absolute atomic E-state index is 0.193. The molecule has 0 unspecified atom stereocenters. The van der Waals surface area contributed by atoms with Gasteiger partial charge in [0, 0.05) is 31.9 Å². The normalized spacial score (nSPS) is 10.5. The minimum Gasteiger partial charge on any atom is -0.483 e. The summed E-state index contributed by atoms with van der Waals surface area (Å²) < 4.78 is 12.9. The third-order valence-corrected chi connectivity index (χ3v) is 4.12. The second-order valence-electron chi connectivity index (χ2n) is 6.11. The second-order valence-corrected chi connectivity index (χ2v) is 6.11. The van der Waals surface area contributed by atoms with Gasteiger partial charge in [-0.15, -0.1) is 0 Å². The lowest BCUT2D eigenvalue weighted by atomic mass is 10.1. The molecule has 0 saturated heterocycles. The van der Waals surface area contributed by atoms with Gasteiger partial charge in [0.05, 0.1) is 11.3 Å². The first-order valence-electron chi connectivity index (χ1n) is 8.48. The molecule has 0 aliphatic rings. The monoisotopic (exact) mass is 364 g/mol. The summed E-state index contributed by atoms with van der Waals surface area (Å²) in [6.45, 7) is 3.16. The van der Waals surface area contributed by atoms with Gasteiger partial charge in [0.15, 0.2) is 5.75 Å². The van der Waals surface area contributed by atoms with Crippen molar-refractivity contribution >= 4 is 5.97 Å². The van der Waals surface area contributed by atoms with Crippen LogP contribution in [0.1, 0.15) is 18.1 Å². The van der Waals surface area contributed by atoms with Gasteiger partial charge in [0.25, 0.3) is 0 Å². The summed E-state index contributed by atoms with van der Waals surface area (Å²) in [6.07, 6.45) is 3.28. The van der Waals surface area contributed by atoms with E-state index in [-0.39, 0.29) is 23.7 Å². The van der Waals surface area contributed by atoms with Gasteiger partial charge in [0.1, 0.15) is 6.61 Å². The Morgan fingerprint density at radius 2 is 1.89 bits per heavy atom. The molecular formula is C21H20N2O4. The molecule has 0 fully saturated rings. The number of pyridine rings is 2. The number of benzene rings is 1. The SMILES string of the molecule is CC(=O)Oc1c(C)c(=O)c(OCc2ccccc2)c(-c2cccnc2)n1C. The molecule has 0 amide bonds. The van der Waals surface area contributed by atoms with E-state index in [1.54, 1.807) is 37.0 Å². The van der Waals surface area contributed by atoms with E-state index in [1.807, 2.05) is 36.4 Å². The van der Waals surface area contributed by atoms with Crippen LogP contribution >= 0.6 is 0 Å². The molecule has 2 heterocycles. The standard InChI is InChI=1S/C21H20N2O4/c1-14-19(25)20(26-13-16-8-5-4-6-9-16)18(17-10-7-11-22-12-17)23(3)21(14)27-15(2)24/h4-12H,13H2,1-3H3. The van der Waals surface area contributed by atoms with Crippen LogP contribution in [-0.4, -0.2) is 15.5 Å². The summed E-state index contributed by atoms with van der Waals surface area (Å²) in [5, 5.41) is 0. The average molecular weight is 364 g/mol. The molecular weight excluding hydrogens is 344 g/mol. The van der Waals surface area contributed by atoms with Gasteiger partial charge in [-0.05, 0) is 24.6 Å². The molecule has 1 aromatic carbocycles. The predicted molar refractivity (Wildman–Crippen MR) is 102 cm³/mol. The van der Waals surface area contributed by atoms with Crippen LogP contribution in [0.15, 0.2) is 59.7 Å². The number of rotatable bonds is 5. The number of aromatic nitrogens is 2. The van der Waals surface area contributed by atoms with E-state index in [0.717, 1.165) is 5.56 Å². The number of ether oxygens (including phenoxy) is 2. The van der Waals surface area contributed by atoms with Gasteiger partial charge in [0.2, 0.25) is 11.3 Å². The summed E-state index contributed by atoms with van der Waals surface area (Å²) in [6, 6.07) is 13.2. The molecule has 6 nitrogen and oxygen atoms in total. The smallest absolute Gasteiger partial charge is 0.309 e. The highest BCUT2D eigenvalue weighted by Crippen LogP contribution is 2.32. The quantitative estimate of drug-likeness (QED) is 0.650. The zero-order valence-electron chi connectivity index (χ0n) is 15.4. The summed E-state index contributed by atoms with van der Waals surface area (Å²) in [7, 11) is 1.72. The van der Waals surface area contributed by atoms with E-state index >= 15 is 0 Å². The number of hydrogen-bond acceptors (Lipinski definition) is 5. The number of esters is 1. The van der Waals surface area contributed by atoms with Crippen molar-refractivity contribution in [3.05, 3.63) is 76.2 Å². The van der Waals surface area contributed by atoms with E-state index < -0.39 is 5.97 Å². The van der Waals surface area contributed by atoms with Gasteiger partial charge in [-0.2, -0.15) is 0 Å². The predicted octanol–water partition coefficient (Wildman–Crippen LogP) is 3.26. The van der Waals surface area contributed by atoms with E-state index in [9.17, 15) is 9.59 Å². The lowest BCUT2D eigenvalue weighted by molar-refractivity contribution is -0.132. The zero-order valence-corrected chi connectivity index (χ0v) is 15.4. The Kier molecular flexibility index (Phi) is 5.35. The summed E-state index contributed by atoms with van der Waals surface area (Å²) >= 11 is 0. The topological polar surface area (TPSA) is 70.4 Å². The van der Waals surface area contributed by atoms with Crippen molar-refractivity contribution in [2.45, 2.75) is 20.5 Å². The van der Waals surface area contributed by atoms with Crippen LogP contribution < -0.4 is 14.9 Å². The lowest BCUT2D eigenvalue weighted by Crippen LogP contribution is -2.21. The van der Waals surface area contributed by atoms with Crippen LogP contribution in [0.3, 0.4) is 0 Å². The third kappa shape index (κ3) is 3.89. The van der Waals surface area contributed by atoms with Crippen molar-refractivity contribution in [3.63, 3.8) is 0 Å². The number of hydrogen-bond donors (Lipinski definition) is 0. The molecule has 27 heavy (non-hydrogen) atoms. The van der Waals surface area contributed by atoms with Crippen molar-refractivity contribution in [1.29, 1.82) is 0 Å². The molecule has 0 bridgehead atoms. The maximum absolute atomic E-state index is 13.0. The Morgan fingerprint density at radius 3 is 2.52 bits per heavy atom. The highest BCUT2D eigenvalue weighted by atomic mass is 16.5. The fraction of sp³-hybridized carbons (Fsp3) is 0.190. The maximum Gasteiger partial charge on any atom is 0.309 e. The molecule has 2 aromatic heterocycles. The van der Waals surface area contributed by atoms with Crippen LogP contribution in [-0.2, 0) is 18.4 Å².